The molecule has 0 unspecified atom stereocenters. The predicted octanol–water partition coefficient (Wildman–Crippen LogP) is 4.84. The Labute approximate surface area is 148 Å². The van der Waals surface area contributed by atoms with Gasteiger partial charge in [0.1, 0.15) is 5.82 Å². The van der Waals surface area contributed by atoms with Crippen LogP contribution in [0.15, 0.2) is 12.1 Å². The second-order valence-corrected chi connectivity index (χ2v) is 6.03. The number of benzene rings is 1. The van der Waals surface area contributed by atoms with Gasteiger partial charge in [-0.15, -0.1) is 12.4 Å². The molecule has 0 amide bonds. The molecule has 0 aliphatic carbocycles. The van der Waals surface area contributed by atoms with E-state index in [0.717, 1.165) is 0 Å². The Bertz CT molecular complexity index is 519. The number of hydrogen-bond acceptors (Lipinski definition) is 2. The second kappa shape index (κ2) is 8.72. The van der Waals surface area contributed by atoms with Crippen molar-refractivity contribution >= 4 is 35.6 Å². The zero-order valence-corrected chi connectivity index (χ0v) is 14.4. The molecule has 1 saturated heterocycles. The topological polar surface area (TPSA) is 15.3 Å². The molecule has 1 aliphatic rings. The number of rotatable bonds is 4. The van der Waals surface area contributed by atoms with Crippen LogP contribution < -0.4 is 5.32 Å². The highest BCUT2D eigenvalue weighted by atomic mass is 35.5. The first kappa shape index (κ1) is 20.8. The summed E-state index contributed by atoms with van der Waals surface area (Å²) in [6, 6.07) is 1.99. The van der Waals surface area contributed by atoms with Gasteiger partial charge >= 0.3 is 6.18 Å². The summed E-state index contributed by atoms with van der Waals surface area (Å²) in [6.07, 6.45) is -5.54. The van der Waals surface area contributed by atoms with E-state index in [2.05, 4.69) is 5.32 Å². The normalized spacial score (nSPS) is 17.7. The average Bonchev–Trinajstić information content (AvgIpc) is 2.46. The van der Waals surface area contributed by atoms with Gasteiger partial charge in [-0.3, -0.25) is 4.90 Å². The average molecular weight is 396 g/mol. The monoisotopic (exact) mass is 394 g/mol. The van der Waals surface area contributed by atoms with Crippen molar-refractivity contribution in [3.05, 3.63) is 33.6 Å². The van der Waals surface area contributed by atoms with Crippen LogP contribution in [0.1, 0.15) is 24.4 Å². The summed E-state index contributed by atoms with van der Waals surface area (Å²) in [5.41, 5.74) is 0.0558. The molecule has 1 atom stereocenters. The van der Waals surface area contributed by atoms with Gasteiger partial charge < -0.3 is 5.32 Å². The third-order valence-electron chi connectivity index (χ3n) is 3.71. The molecular formula is C14H17Cl3F4N2. The summed E-state index contributed by atoms with van der Waals surface area (Å²) in [5, 5.41) is 3.09. The lowest BCUT2D eigenvalue weighted by Gasteiger charge is -2.36. The molecule has 1 aromatic carbocycles. The Morgan fingerprint density at radius 2 is 1.70 bits per heavy atom. The minimum atomic E-state index is -4.30. The SMILES string of the molecule is Cl.Fc1c(Cl)ccc(Cl)c1[C@@H](CCC(F)(F)F)N1CCNCC1. The van der Waals surface area contributed by atoms with E-state index < -0.39 is 24.5 Å². The molecule has 0 saturated carbocycles. The number of piperazine rings is 1. The predicted molar refractivity (Wildman–Crippen MR) is 86.1 cm³/mol. The summed E-state index contributed by atoms with van der Waals surface area (Å²) in [6.45, 7) is 2.35. The second-order valence-electron chi connectivity index (χ2n) is 5.21. The summed E-state index contributed by atoms with van der Waals surface area (Å²) in [5.74, 6) is -0.736. The molecule has 1 fully saturated rings. The van der Waals surface area contributed by atoms with Gasteiger partial charge in [0.2, 0.25) is 0 Å². The fraction of sp³-hybridized carbons (Fsp3) is 0.571. The van der Waals surface area contributed by atoms with E-state index in [1.165, 1.54) is 12.1 Å². The van der Waals surface area contributed by atoms with Crippen molar-refractivity contribution in [3.63, 3.8) is 0 Å². The lowest BCUT2D eigenvalue weighted by molar-refractivity contribution is -0.138. The summed E-state index contributed by atoms with van der Waals surface area (Å²) in [4.78, 5) is 1.82. The fourth-order valence-corrected chi connectivity index (χ4v) is 3.09. The molecule has 0 aromatic heterocycles. The van der Waals surface area contributed by atoms with Crippen molar-refractivity contribution in [3.8, 4) is 0 Å². The van der Waals surface area contributed by atoms with Crippen LogP contribution in [0.2, 0.25) is 10.0 Å². The van der Waals surface area contributed by atoms with Gasteiger partial charge in [-0.25, -0.2) is 4.39 Å². The first-order valence-corrected chi connectivity index (χ1v) is 7.70. The molecule has 1 aromatic rings. The highest BCUT2D eigenvalue weighted by Gasteiger charge is 2.33. The number of halogens is 7. The van der Waals surface area contributed by atoms with Crippen molar-refractivity contribution in [1.29, 1.82) is 0 Å². The third-order valence-corrected chi connectivity index (χ3v) is 4.33. The Morgan fingerprint density at radius 1 is 1.13 bits per heavy atom. The quantitative estimate of drug-likeness (QED) is 0.579. The van der Waals surface area contributed by atoms with Crippen LogP contribution in [0.25, 0.3) is 0 Å². The molecule has 1 heterocycles. The van der Waals surface area contributed by atoms with Crippen LogP contribution in [0.5, 0.6) is 0 Å². The van der Waals surface area contributed by atoms with Crippen LogP contribution in [-0.4, -0.2) is 37.3 Å². The van der Waals surface area contributed by atoms with Crippen molar-refractivity contribution < 1.29 is 17.6 Å². The van der Waals surface area contributed by atoms with Gasteiger partial charge in [-0.2, -0.15) is 13.2 Å². The smallest absolute Gasteiger partial charge is 0.314 e. The van der Waals surface area contributed by atoms with Crippen molar-refractivity contribution in [2.75, 3.05) is 26.2 Å². The van der Waals surface area contributed by atoms with Crippen molar-refractivity contribution in [2.24, 2.45) is 0 Å². The summed E-state index contributed by atoms with van der Waals surface area (Å²) < 4.78 is 52.1. The van der Waals surface area contributed by atoms with Gasteiger partial charge in [-0.1, -0.05) is 23.2 Å². The molecule has 0 radical (unpaired) electrons. The maximum atomic E-state index is 14.3. The van der Waals surface area contributed by atoms with Crippen molar-refractivity contribution in [2.45, 2.75) is 25.1 Å². The van der Waals surface area contributed by atoms with Crippen LogP contribution in [0.4, 0.5) is 17.6 Å². The molecule has 9 heteroatoms. The lowest BCUT2D eigenvalue weighted by Crippen LogP contribution is -2.45. The summed E-state index contributed by atoms with van der Waals surface area (Å²) >= 11 is 11.8. The maximum absolute atomic E-state index is 14.3. The molecule has 1 N–H and O–H groups in total. The van der Waals surface area contributed by atoms with E-state index in [9.17, 15) is 17.6 Å². The first-order valence-electron chi connectivity index (χ1n) is 6.94. The summed E-state index contributed by atoms with van der Waals surface area (Å²) in [7, 11) is 0. The number of alkyl halides is 3. The van der Waals surface area contributed by atoms with Gasteiger partial charge in [0.05, 0.1) is 5.02 Å². The minimum absolute atomic E-state index is 0. The van der Waals surface area contributed by atoms with E-state index in [1.54, 1.807) is 0 Å². The third kappa shape index (κ3) is 5.64. The van der Waals surface area contributed by atoms with Crippen LogP contribution in [-0.2, 0) is 0 Å². The van der Waals surface area contributed by atoms with Crippen LogP contribution in [0, 0.1) is 5.82 Å². The molecular weight excluding hydrogens is 379 g/mol. The highest BCUT2D eigenvalue weighted by molar-refractivity contribution is 6.33. The molecule has 2 nitrogen and oxygen atoms in total. The van der Waals surface area contributed by atoms with Gasteiger partial charge in [0.25, 0.3) is 0 Å². The van der Waals surface area contributed by atoms with Crippen molar-refractivity contribution in [1.82, 2.24) is 10.2 Å². The zero-order valence-electron chi connectivity index (χ0n) is 12.1. The molecule has 23 heavy (non-hydrogen) atoms. The molecule has 0 spiro atoms. The fourth-order valence-electron chi connectivity index (χ4n) is 2.65. The zero-order chi connectivity index (χ0) is 16.3. The van der Waals surface area contributed by atoms with Gasteiger partial charge in [0.15, 0.2) is 0 Å². The van der Waals surface area contributed by atoms with E-state index in [-0.39, 0.29) is 34.4 Å². The van der Waals surface area contributed by atoms with E-state index in [0.29, 0.717) is 26.2 Å². The highest BCUT2D eigenvalue weighted by Crippen LogP contribution is 2.38. The minimum Gasteiger partial charge on any atom is -0.314 e. The van der Waals surface area contributed by atoms with Gasteiger partial charge in [0, 0.05) is 49.2 Å². The van der Waals surface area contributed by atoms with Crippen LogP contribution >= 0.6 is 35.6 Å². The number of hydrogen-bond donors (Lipinski definition) is 1. The largest absolute Gasteiger partial charge is 0.389 e. The molecule has 2 rings (SSSR count). The maximum Gasteiger partial charge on any atom is 0.389 e. The Kier molecular flexibility index (Phi) is 7.87. The molecule has 1 aliphatic heterocycles. The van der Waals surface area contributed by atoms with E-state index >= 15 is 0 Å². The van der Waals surface area contributed by atoms with E-state index in [1.807, 2.05) is 4.90 Å². The standard InChI is InChI=1S/C14H16Cl2F4N2.ClH/c15-9-1-2-10(16)13(17)12(9)11(3-4-14(18,19)20)22-7-5-21-6-8-22;/h1-2,11,21H,3-8H2;1H/t11-;/m1./s1. The van der Waals surface area contributed by atoms with E-state index in [4.69, 9.17) is 23.2 Å². The molecule has 0 bridgehead atoms. The first-order chi connectivity index (χ1) is 10.3. The molecule has 132 valence electrons. The Morgan fingerprint density at radius 3 is 2.26 bits per heavy atom. The Balaban J connectivity index is 0.00000264. The Hall–Kier alpha value is -0.270. The number of nitrogens with one attached hydrogen (secondary N) is 1. The van der Waals surface area contributed by atoms with Gasteiger partial charge in [-0.05, 0) is 18.6 Å². The lowest BCUT2D eigenvalue weighted by atomic mass is 9.98. The number of nitrogens with zero attached hydrogens (tertiary/aromatic N) is 1. The van der Waals surface area contributed by atoms with Crippen LogP contribution in [0.3, 0.4) is 0 Å².